The van der Waals surface area contributed by atoms with Crippen LogP contribution in [0.4, 0.5) is 18.9 Å². The first-order valence-corrected chi connectivity index (χ1v) is 7.76. The molecule has 142 valence electrons. The first-order valence-electron chi connectivity index (χ1n) is 7.76. The van der Waals surface area contributed by atoms with Gasteiger partial charge in [0.2, 0.25) is 5.91 Å². The number of piperidine rings is 1. The Balaban J connectivity index is 0.00000312. The van der Waals surface area contributed by atoms with Crippen molar-refractivity contribution in [2.75, 3.05) is 38.7 Å². The van der Waals surface area contributed by atoms with E-state index in [1.54, 1.807) is 0 Å². The Morgan fingerprint density at radius 3 is 2.56 bits per heavy atom. The quantitative estimate of drug-likeness (QED) is 0.742. The molecule has 0 bridgehead atoms. The van der Waals surface area contributed by atoms with Gasteiger partial charge in [0, 0.05) is 13.0 Å². The SMILES string of the molecule is COCCOc1ccc(C(F)(F)F)cc1NC(=O)C1CCNCC1.Cl. The van der Waals surface area contributed by atoms with Gasteiger partial charge in [-0.1, -0.05) is 0 Å². The summed E-state index contributed by atoms with van der Waals surface area (Å²) >= 11 is 0. The van der Waals surface area contributed by atoms with Gasteiger partial charge in [0.05, 0.1) is 17.9 Å². The molecule has 1 aliphatic rings. The van der Waals surface area contributed by atoms with Crippen molar-refractivity contribution in [3.8, 4) is 5.75 Å². The summed E-state index contributed by atoms with van der Waals surface area (Å²) in [6, 6.07) is 3.06. The Labute approximate surface area is 150 Å². The van der Waals surface area contributed by atoms with Gasteiger partial charge < -0.3 is 20.1 Å². The third kappa shape index (κ3) is 6.37. The molecule has 1 fully saturated rings. The largest absolute Gasteiger partial charge is 0.489 e. The Morgan fingerprint density at radius 1 is 1.28 bits per heavy atom. The topological polar surface area (TPSA) is 59.6 Å². The predicted octanol–water partition coefficient (Wildman–Crippen LogP) is 3.09. The molecule has 1 aliphatic heterocycles. The van der Waals surface area contributed by atoms with Gasteiger partial charge in [0.15, 0.2) is 0 Å². The normalized spacial score (nSPS) is 15.4. The molecule has 2 rings (SSSR count). The van der Waals surface area contributed by atoms with Crippen molar-refractivity contribution < 1.29 is 27.4 Å². The summed E-state index contributed by atoms with van der Waals surface area (Å²) in [6.07, 6.45) is -3.17. The molecule has 9 heteroatoms. The third-order valence-corrected chi connectivity index (χ3v) is 3.82. The summed E-state index contributed by atoms with van der Waals surface area (Å²) in [5, 5.41) is 5.73. The molecule has 0 aliphatic carbocycles. The molecule has 1 heterocycles. The molecule has 0 unspecified atom stereocenters. The van der Waals surface area contributed by atoms with Crippen LogP contribution in [0.15, 0.2) is 18.2 Å². The number of hydrogen-bond donors (Lipinski definition) is 2. The Morgan fingerprint density at radius 2 is 1.96 bits per heavy atom. The Hall–Kier alpha value is -1.51. The third-order valence-electron chi connectivity index (χ3n) is 3.82. The second kappa shape index (κ2) is 9.84. The highest BCUT2D eigenvalue weighted by atomic mass is 35.5. The standard InChI is InChI=1S/C16H21F3N2O3.ClH/c1-23-8-9-24-14-3-2-12(16(17,18)19)10-13(14)21-15(22)11-4-6-20-7-5-11;/h2-3,10-11,20H,4-9H2,1H3,(H,21,22);1H. The minimum absolute atomic E-state index is 0. The summed E-state index contributed by atoms with van der Waals surface area (Å²) in [6.45, 7) is 1.91. The molecule has 5 nitrogen and oxygen atoms in total. The maximum absolute atomic E-state index is 12.9. The highest BCUT2D eigenvalue weighted by Gasteiger charge is 2.32. The fourth-order valence-electron chi connectivity index (χ4n) is 2.48. The average Bonchev–Trinajstić information content (AvgIpc) is 2.56. The van der Waals surface area contributed by atoms with E-state index in [9.17, 15) is 18.0 Å². The van der Waals surface area contributed by atoms with Crippen molar-refractivity contribution in [1.29, 1.82) is 0 Å². The monoisotopic (exact) mass is 382 g/mol. The zero-order valence-corrected chi connectivity index (χ0v) is 14.6. The van der Waals surface area contributed by atoms with Crippen molar-refractivity contribution in [2.45, 2.75) is 19.0 Å². The van der Waals surface area contributed by atoms with Crippen LogP contribution in [0.3, 0.4) is 0 Å². The molecule has 0 saturated carbocycles. The van der Waals surface area contributed by atoms with Crippen LogP contribution in [0, 0.1) is 5.92 Å². The molecular weight excluding hydrogens is 361 g/mol. The first-order chi connectivity index (χ1) is 11.4. The predicted molar refractivity (Wildman–Crippen MR) is 90.3 cm³/mol. The minimum atomic E-state index is -4.49. The van der Waals surface area contributed by atoms with Crippen LogP contribution >= 0.6 is 12.4 Å². The van der Waals surface area contributed by atoms with Crippen molar-refractivity contribution >= 4 is 24.0 Å². The number of methoxy groups -OCH3 is 1. The molecule has 0 aromatic heterocycles. The lowest BCUT2D eigenvalue weighted by Gasteiger charge is -2.23. The summed E-state index contributed by atoms with van der Waals surface area (Å²) in [7, 11) is 1.50. The number of nitrogens with one attached hydrogen (secondary N) is 2. The Bertz CT molecular complexity index is 564. The van der Waals surface area contributed by atoms with E-state index in [1.165, 1.54) is 13.2 Å². The number of ether oxygens (including phenoxy) is 2. The molecule has 0 radical (unpaired) electrons. The van der Waals surface area contributed by atoms with Crippen molar-refractivity contribution in [1.82, 2.24) is 5.32 Å². The van der Waals surface area contributed by atoms with E-state index in [-0.39, 0.29) is 42.3 Å². The maximum Gasteiger partial charge on any atom is 0.416 e. The fraction of sp³-hybridized carbons (Fsp3) is 0.562. The summed E-state index contributed by atoms with van der Waals surface area (Å²) in [5.74, 6) is -0.303. The Kier molecular flexibility index (Phi) is 8.47. The smallest absolute Gasteiger partial charge is 0.416 e. The fourth-order valence-corrected chi connectivity index (χ4v) is 2.48. The van der Waals surface area contributed by atoms with Crippen LogP contribution in [0.2, 0.25) is 0 Å². The molecule has 1 amide bonds. The number of alkyl halides is 3. The highest BCUT2D eigenvalue weighted by molar-refractivity contribution is 5.94. The lowest BCUT2D eigenvalue weighted by Crippen LogP contribution is -2.34. The van der Waals surface area contributed by atoms with Crippen molar-refractivity contribution in [3.63, 3.8) is 0 Å². The van der Waals surface area contributed by atoms with Crippen LogP contribution in [-0.4, -0.2) is 39.3 Å². The molecule has 0 atom stereocenters. The number of hydrogen-bond acceptors (Lipinski definition) is 4. The first kappa shape index (κ1) is 21.5. The van der Waals surface area contributed by atoms with E-state index in [1.807, 2.05) is 0 Å². The number of halogens is 4. The van der Waals surface area contributed by atoms with Crippen molar-refractivity contribution in [3.05, 3.63) is 23.8 Å². The van der Waals surface area contributed by atoms with Gasteiger partial charge in [0.1, 0.15) is 12.4 Å². The van der Waals surface area contributed by atoms with Gasteiger partial charge in [0.25, 0.3) is 0 Å². The number of carbonyl (C=O) groups excluding carboxylic acids is 1. The average molecular weight is 383 g/mol. The van der Waals surface area contributed by atoms with E-state index in [0.717, 1.165) is 25.2 Å². The molecule has 2 N–H and O–H groups in total. The van der Waals surface area contributed by atoms with Gasteiger partial charge in [-0.3, -0.25) is 4.79 Å². The van der Waals surface area contributed by atoms with Crippen LogP contribution in [-0.2, 0) is 15.7 Å². The summed E-state index contributed by atoms with van der Waals surface area (Å²) < 4.78 is 49.0. The van der Waals surface area contributed by atoms with Crippen LogP contribution in [0.25, 0.3) is 0 Å². The second-order valence-corrected chi connectivity index (χ2v) is 5.56. The number of amides is 1. The number of carbonyl (C=O) groups is 1. The zero-order valence-electron chi connectivity index (χ0n) is 13.8. The number of benzene rings is 1. The molecule has 1 aromatic carbocycles. The summed E-state index contributed by atoms with van der Waals surface area (Å²) in [5.41, 5.74) is -0.799. The summed E-state index contributed by atoms with van der Waals surface area (Å²) in [4.78, 5) is 12.3. The van der Waals surface area contributed by atoms with E-state index < -0.39 is 11.7 Å². The van der Waals surface area contributed by atoms with Crippen LogP contribution < -0.4 is 15.4 Å². The van der Waals surface area contributed by atoms with Crippen LogP contribution in [0.5, 0.6) is 5.75 Å². The highest BCUT2D eigenvalue weighted by Crippen LogP contribution is 2.35. The van der Waals surface area contributed by atoms with E-state index in [4.69, 9.17) is 9.47 Å². The number of rotatable bonds is 6. The molecule has 1 aromatic rings. The van der Waals surface area contributed by atoms with Gasteiger partial charge in [-0.15, -0.1) is 12.4 Å². The van der Waals surface area contributed by atoms with Gasteiger partial charge >= 0.3 is 6.18 Å². The second-order valence-electron chi connectivity index (χ2n) is 5.56. The van der Waals surface area contributed by atoms with Gasteiger partial charge in [-0.2, -0.15) is 13.2 Å². The molecular formula is C16H22ClF3N2O3. The van der Waals surface area contributed by atoms with Gasteiger partial charge in [-0.05, 0) is 44.1 Å². The van der Waals surface area contributed by atoms with Gasteiger partial charge in [-0.25, -0.2) is 0 Å². The van der Waals surface area contributed by atoms with Crippen molar-refractivity contribution in [2.24, 2.45) is 5.92 Å². The maximum atomic E-state index is 12.9. The molecule has 0 spiro atoms. The lowest BCUT2D eigenvalue weighted by atomic mass is 9.97. The lowest BCUT2D eigenvalue weighted by molar-refractivity contribution is -0.137. The molecule has 25 heavy (non-hydrogen) atoms. The van der Waals surface area contributed by atoms with E-state index in [0.29, 0.717) is 19.4 Å². The zero-order chi connectivity index (χ0) is 17.6. The van der Waals surface area contributed by atoms with Crippen LogP contribution in [0.1, 0.15) is 18.4 Å². The van der Waals surface area contributed by atoms with E-state index >= 15 is 0 Å². The number of anilines is 1. The van der Waals surface area contributed by atoms with E-state index in [2.05, 4.69) is 10.6 Å². The minimum Gasteiger partial charge on any atom is -0.489 e. The molecule has 1 saturated heterocycles.